The molecule has 2 N–H and O–H groups in total. The van der Waals surface area contributed by atoms with E-state index >= 15 is 0 Å². The summed E-state index contributed by atoms with van der Waals surface area (Å²) in [5, 5.41) is 11.4. The lowest BCUT2D eigenvalue weighted by molar-refractivity contribution is 0.0695. The predicted molar refractivity (Wildman–Crippen MR) is 63.0 cm³/mol. The van der Waals surface area contributed by atoms with Gasteiger partial charge in [-0.25, -0.2) is 9.18 Å². The molecule has 1 aliphatic carbocycles. The Morgan fingerprint density at radius 3 is 2.56 bits per heavy atom. The van der Waals surface area contributed by atoms with Gasteiger partial charge in [0.2, 0.25) is 0 Å². The van der Waals surface area contributed by atoms with Crippen LogP contribution in [-0.2, 0) is 0 Å². The average molecular weight is 251 g/mol. The highest BCUT2D eigenvalue weighted by Gasteiger charge is 2.27. The van der Waals surface area contributed by atoms with Gasteiger partial charge >= 0.3 is 5.97 Å². The quantitative estimate of drug-likeness (QED) is 0.864. The SMILES string of the molecule is CC1CC(NC(=O)c2ccc(C(=O)O)cc2F)C1. The largest absolute Gasteiger partial charge is 0.478 e. The molecular formula is C13H14FNO3. The van der Waals surface area contributed by atoms with Crippen LogP contribution in [0.25, 0.3) is 0 Å². The zero-order valence-corrected chi connectivity index (χ0v) is 9.94. The molecule has 1 aromatic rings. The molecule has 0 atom stereocenters. The monoisotopic (exact) mass is 251 g/mol. The van der Waals surface area contributed by atoms with Crippen molar-refractivity contribution in [2.75, 3.05) is 0 Å². The van der Waals surface area contributed by atoms with Crippen molar-refractivity contribution in [3.63, 3.8) is 0 Å². The first-order chi connectivity index (χ1) is 8.47. The van der Waals surface area contributed by atoms with E-state index in [9.17, 15) is 14.0 Å². The number of amides is 1. The van der Waals surface area contributed by atoms with Gasteiger partial charge in [-0.3, -0.25) is 4.79 Å². The first kappa shape index (κ1) is 12.5. The van der Waals surface area contributed by atoms with Crippen LogP contribution in [-0.4, -0.2) is 23.0 Å². The second kappa shape index (κ2) is 4.76. The molecule has 18 heavy (non-hydrogen) atoms. The predicted octanol–water partition coefficient (Wildman–Crippen LogP) is 2.05. The molecule has 0 aromatic heterocycles. The summed E-state index contributed by atoms with van der Waals surface area (Å²) in [5.41, 5.74) is -0.277. The Bertz CT molecular complexity index is 495. The van der Waals surface area contributed by atoms with Crippen LogP contribution in [0.5, 0.6) is 0 Å². The minimum Gasteiger partial charge on any atom is -0.478 e. The Hall–Kier alpha value is -1.91. The summed E-state index contributed by atoms with van der Waals surface area (Å²) in [5.74, 6) is -1.91. The maximum absolute atomic E-state index is 13.6. The van der Waals surface area contributed by atoms with Crippen molar-refractivity contribution in [3.05, 3.63) is 35.1 Å². The first-order valence-corrected chi connectivity index (χ1v) is 5.81. The Balaban J connectivity index is 2.08. The third-order valence-electron chi connectivity index (χ3n) is 3.17. The summed E-state index contributed by atoms with van der Waals surface area (Å²) in [6.07, 6.45) is 1.81. The van der Waals surface area contributed by atoms with Crippen LogP contribution in [0.15, 0.2) is 18.2 Å². The van der Waals surface area contributed by atoms with Crippen molar-refractivity contribution >= 4 is 11.9 Å². The number of carboxylic acid groups (broad SMARTS) is 1. The molecule has 2 rings (SSSR count). The number of carbonyl (C=O) groups is 2. The van der Waals surface area contributed by atoms with Crippen LogP contribution >= 0.6 is 0 Å². The van der Waals surface area contributed by atoms with E-state index < -0.39 is 17.7 Å². The zero-order chi connectivity index (χ0) is 13.3. The van der Waals surface area contributed by atoms with E-state index in [1.54, 1.807) is 0 Å². The van der Waals surface area contributed by atoms with Gasteiger partial charge in [0.25, 0.3) is 5.91 Å². The van der Waals surface area contributed by atoms with Crippen molar-refractivity contribution in [2.24, 2.45) is 5.92 Å². The lowest BCUT2D eigenvalue weighted by Crippen LogP contribution is -2.43. The average Bonchev–Trinajstić information content (AvgIpc) is 2.26. The second-order valence-corrected chi connectivity index (χ2v) is 4.75. The fraction of sp³-hybridized carbons (Fsp3) is 0.385. The minimum absolute atomic E-state index is 0.103. The Morgan fingerprint density at radius 2 is 2.06 bits per heavy atom. The summed E-state index contributed by atoms with van der Waals surface area (Å²) in [7, 11) is 0. The molecule has 4 nitrogen and oxygen atoms in total. The smallest absolute Gasteiger partial charge is 0.335 e. The third-order valence-corrected chi connectivity index (χ3v) is 3.17. The van der Waals surface area contributed by atoms with Gasteiger partial charge in [0.15, 0.2) is 0 Å². The Morgan fingerprint density at radius 1 is 1.39 bits per heavy atom. The highest BCUT2D eigenvalue weighted by molar-refractivity contribution is 5.96. The van der Waals surface area contributed by atoms with E-state index in [0.717, 1.165) is 18.9 Å². The molecule has 0 spiro atoms. The van der Waals surface area contributed by atoms with Crippen LogP contribution in [0.2, 0.25) is 0 Å². The van der Waals surface area contributed by atoms with Crippen molar-refractivity contribution in [1.29, 1.82) is 0 Å². The molecule has 1 aromatic carbocycles. The maximum atomic E-state index is 13.6. The van der Waals surface area contributed by atoms with Crippen molar-refractivity contribution in [3.8, 4) is 0 Å². The van der Waals surface area contributed by atoms with Gasteiger partial charge < -0.3 is 10.4 Å². The van der Waals surface area contributed by atoms with E-state index in [1.165, 1.54) is 12.1 Å². The van der Waals surface area contributed by atoms with Gasteiger partial charge in [0.1, 0.15) is 5.82 Å². The maximum Gasteiger partial charge on any atom is 0.335 e. The molecule has 0 radical (unpaired) electrons. The summed E-state index contributed by atoms with van der Waals surface area (Å²) in [6, 6.07) is 3.40. The number of hydrogen-bond donors (Lipinski definition) is 2. The molecule has 0 saturated heterocycles. The van der Waals surface area contributed by atoms with E-state index in [1.807, 2.05) is 0 Å². The van der Waals surface area contributed by atoms with E-state index in [-0.39, 0.29) is 17.2 Å². The van der Waals surface area contributed by atoms with Crippen molar-refractivity contribution in [2.45, 2.75) is 25.8 Å². The number of carboxylic acids is 1. The first-order valence-electron chi connectivity index (χ1n) is 5.81. The molecule has 0 bridgehead atoms. The van der Waals surface area contributed by atoms with Gasteiger partial charge in [-0.05, 0) is 37.0 Å². The van der Waals surface area contributed by atoms with Crippen LogP contribution in [0, 0.1) is 11.7 Å². The fourth-order valence-corrected chi connectivity index (χ4v) is 2.12. The molecule has 0 heterocycles. The molecule has 0 aliphatic heterocycles. The van der Waals surface area contributed by atoms with Crippen LogP contribution < -0.4 is 5.32 Å². The van der Waals surface area contributed by atoms with Crippen LogP contribution in [0.3, 0.4) is 0 Å². The number of halogens is 1. The number of rotatable bonds is 3. The molecule has 1 fully saturated rings. The Kier molecular flexibility index (Phi) is 3.32. The van der Waals surface area contributed by atoms with Gasteiger partial charge in [-0.2, -0.15) is 0 Å². The summed E-state index contributed by atoms with van der Waals surface area (Å²) >= 11 is 0. The summed E-state index contributed by atoms with van der Waals surface area (Å²) in [4.78, 5) is 22.4. The number of aromatic carboxylic acids is 1. The summed E-state index contributed by atoms with van der Waals surface area (Å²) < 4.78 is 13.6. The van der Waals surface area contributed by atoms with Gasteiger partial charge in [0.05, 0.1) is 11.1 Å². The van der Waals surface area contributed by atoms with Gasteiger partial charge in [-0.1, -0.05) is 6.92 Å². The molecule has 1 saturated carbocycles. The lowest BCUT2D eigenvalue weighted by atomic mass is 9.82. The number of carbonyl (C=O) groups excluding carboxylic acids is 1. The molecule has 0 unspecified atom stereocenters. The molecule has 1 aliphatic rings. The second-order valence-electron chi connectivity index (χ2n) is 4.75. The van der Waals surface area contributed by atoms with Gasteiger partial charge in [-0.15, -0.1) is 0 Å². The highest BCUT2D eigenvalue weighted by Crippen LogP contribution is 2.26. The minimum atomic E-state index is -1.21. The number of nitrogens with one attached hydrogen (secondary N) is 1. The molecular weight excluding hydrogens is 237 g/mol. The van der Waals surface area contributed by atoms with E-state index in [4.69, 9.17) is 5.11 Å². The topological polar surface area (TPSA) is 66.4 Å². The third kappa shape index (κ3) is 2.50. The van der Waals surface area contributed by atoms with Crippen molar-refractivity contribution in [1.82, 2.24) is 5.32 Å². The number of benzene rings is 1. The zero-order valence-electron chi connectivity index (χ0n) is 9.94. The van der Waals surface area contributed by atoms with E-state index in [2.05, 4.69) is 12.2 Å². The molecule has 5 heteroatoms. The van der Waals surface area contributed by atoms with E-state index in [0.29, 0.717) is 5.92 Å². The van der Waals surface area contributed by atoms with Crippen LogP contribution in [0.4, 0.5) is 4.39 Å². The molecule has 1 amide bonds. The molecule has 96 valence electrons. The normalized spacial score (nSPS) is 22.1. The Labute approximate surface area is 104 Å². The van der Waals surface area contributed by atoms with Crippen molar-refractivity contribution < 1.29 is 19.1 Å². The number of hydrogen-bond acceptors (Lipinski definition) is 2. The summed E-state index contributed by atoms with van der Waals surface area (Å²) in [6.45, 7) is 2.09. The van der Waals surface area contributed by atoms with Crippen LogP contribution in [0.1, 0.15) is 40.5 Å². The lowest BCUT2D eigenvalue weighted by Gasteiger charge is -2.33. The fourth-order valence-electron chi connectivity index (χ4n) is 2.12. The standard InChI is InChI=1S/C13H14FNO3/c1-7-4-9(5-7)15-12(16)10-3-2-8(13(17)18)6-11(10)14/h2-3,6-7,9H,4-5H2,1H3,(H,15,16)(H,17,18). The van der Waals surface area contributed by atoms with Gasteiger partial charge in [0, 0.05) is 6.04 Å². The highest BCUT2D eigenvalue weighted by atomic mass is 19.1.